The molecule has 2 nitrogen and oxygen atoms in total. The van der Waals surface area contributed by atoms with Crippen molar-refractivity contribution < 1.29 is 9.47 Å². The zero-order chi connectivity index (χ0) is 12.3. The number of benzene rings is 2. The number of hydrogen-bond donors (Lipinski definition) is 0. The third-order valence-electron chi connectivity index (χ3n) is 2.73. The van der Waals surface area contributed by atoms with E-state index in [4.69, 9.17) is 9.47 Å². The molecule has 2 heteroatoms. The number of fused-ring (bicyclic) bond motifs is 1. The topological polar surface area (TPSA) is 18.5 Å². The predicted octanol–water partition coefficient (Wildman–Crippen LogP) is 3.95. The van der Waals surface area contributed by atoms with Crippen molar-refractivity contribution in [3.8, 4) is 11.5 Å². The highest BCUT2D eigenvalue weighted by molar-refractivity contribution is 5.94. The highest BCUT2D eigenvalue weighted by Gasteiger charge is 2.10. The Morgan fingerprint density at radius 2 is 1.59 bits per heavy atom. The highest BCUT2D eigenvalue weighted by atomic mass is 16.5. The van der Waals surface area contributed by atoms with Crippen LogP contribution in [0.15, 0.2) is 30.3 Å². The molecule has 0 bridgehead atoms. The van der Waals surface area contributed by atoms with Crippen LogP contribution in [0.2, 0.25) is 0 Å². The van der Waals surface area contributed by atoms with Gasteiger partial charge in [0.05, 0.1) is 13.2 Å². The first-order chi connectivity index (χ1) is 8.27. The molecule has 0 fully saturated rings. The van der Waals surface area contributed by atoms with Gasteiger partial charge in [-0.25, -0.2) is 0 Å². The molecular weight excluding hydrogens is 212 g/mol. The van der Waals surface area contributed by atoms with Crippen LogP contribution in [0.3, 0.4) is 0 Å². The standard InChI is InChI=1S/C15H18O2/c1-4-16-14-10-11(3)15(17-5-2)13-9-7-6-8-12(13)14/h6-10H,4-5H2,1-3H3. The predicted molar refractivity (Wildman–Crippen MR) is 71.0 cm³/mol. The van der Waals surface area contributed by atoms with Crippen molar-refractivity contribution in [2.45, 2.75) is 20.8 Å². The lowest BCUT2D eigenvalue weighted by Crippen LogP contribution is -1.98. The monoisotopic (exact) mass is 230 g/mol. The first-order valence-electron chi connectivity index (χ1n) is 6.05. The molecule has 0 spiro atoms. The summed E-state index contributed by atoms with van der Waals surface area (Å²) in [5.41, 5.74) is 1.12. The maximum absolute atomic E-state index is 5.73. The average molecular weight is 230 g/mol. The van der Waals surface area contributed by atoms with Crippen molar-refractivity contribution >= 4 is 10.8 Å². The fourth-order valence-electron chi connectivity index (χ4n) is 2.06. The van der Waals surface area contributed by atoms with Crippen molar-refractivity contribution in [2.75, 3.05) is 13.2 Å². The van der Waals surface area contributed by atoms with Crippen LogP contribution in [0.1, 0.15) is 19.4 Å². The summed E-state index contributed by atoms with van der Waals surface area (Å²) in [5, 5.41) is 2.24. The molecule has 0 aliphatic carbocycles. The molecule has 2 aromatic carbocycles. The molecule has 0 unspecified atom stereocenters. The molecule has 0 saturated carbocycles. The lowest BCUT2D eigenvalue weighted by atomic mass is 10.0. The first-order valence-corrected chi connectivity index (χ1v) is 6.05. The highest BCUT2D eigenvalue weighted by Crippen LogP contribution is 2.36. The van der Waals surface area contributed by atoms with E-state index in [1.165, 1.54) is 0 Å². The molecule has 0 atom stereocenters. The van der Waals surface area contributed by atoms with E-state index in [9.17, 15) is 0 Å². The molecular formula is C15H18O2. The van der Waals surface area contributed by atoms with Crippen LogP contribution in [0.5, 0.6) is 11.5 Å². The summed E-state index contributed by atoms with van der Waals surface area (Å²) < 4.78 is 11.4. The summed E-state index contributed by atoms with van der Waals surface area (Å²) in [6.07, 6.45) is 0. The molecule has 2 rings (SSSR count). The van der Waals surface area contributed by atoms with Crippen molar-refractivity contribution in [3.05, 3.63) is 35.9 Å². The maximum Gasteiger partial charge on any atom is 0.130 e. The number of hydrogen-bond acceptors (Lipinski definition) is 2. The second-order valence-electron chi connectivity index (χ2n) is 3.93. The minimum atomic E-state index is 0.678. The van der Waals surface area contributed by atoms with Crippen molar-refractivity contribution in [1.82, 2.24) is 0 Å². The van der Waals surface area contributed by atoms with Crippen LogP contribution in [0, 0.1) is 6.92 Å². The summed E-state index contributed by atoms with van der Waals surface area (Å²) in [6.45, 7) is 7.42. The van der Waals surface area contributed by atoms with Crippen molar-refractivity contribution in [2.24, 2.45) is 0 Å². The van der Waals surface area contributed by atoms with Gasteiger partial charge >= 0.3 is 0 Å². The lowest BCUT2D eigenvalue weighted by Gasteiger charge is -2.14. The lowest BCUT2D eigenvalue weighted by molar-refractivity contribution is 0.334. The SMILES string of the molecule is CCOc1cc(C)c(OCC)c2ccccc12. The van der Waals surface area contributed by atoms with Gasteiger partial charge in [0, 0.05) is 10.8 Å². The smallest absolute Gasteiger partial charge is 0.130 e. The van der Waals surface area contributed by atoms with Crippen LogP contribution in [0.25, 0.3) is 10.8 Å². The quantitative estimate of drug-likeness (QED) is 0.792. The fourth-order valence-corrected chi connectivity index (χ4v) is 2.06. The normalized spacial score (nSPS) is 10.5. The second kappa shape index (κ2) is 5.09. The Morgan fingerprint density at radius 3 is 2.24 bits per heavy atom. The van der Waals surface area contributed by atoms with Gasteiger partial charge in [-0.2, -0.15) is 0 Å². The van der Waals surface area contributed by atoms with E-state index < -0.39 is 0 Å². The maximum atomic E-state index is 5.73. The Balaban J connectivity index is 2.68. The van der Waals surface area contributed by atoms with Crippen LogP contribution in [-0.2, 0) is 0 Å². The summed E-state index contributed by atoms with van der Waals surface area (Å²) in [7, 11) is 0. The Bertz CT molecular complexity index is 518. The molecule has 0 aliphatic rings. The molecule has 2 aromatic rings. The Hall–Kier alpha value is -1.70. The zero-order valence-electron chi connectivity index (χ0n) is 10.6. The summed E-state index contributed by atoms with van der Waals surface area (Å²) >= 11 is 0. The van der Waals surface area contributed by atoms with Crippen LogP contribution < -0.4 is 9.47 Å². The minimum Gasteiger partial charge on any atom is -0.493 e. The fraction of sp³-hybridized carbons (Fsp3) is 0.333. The van der Waals surface area contributed by atoms with Gasteiger partial charge in [-0.05, 0) is 32.4 Å². The van der Waals surface area contributed by atoms with Crippen molar-refractivity contribution in [1.29, 1.82) is 0 Å². The van der Waals surface area contributed by atoms with Crippen molar-refractivity contribution in [3.63, 3.8) is 0 Å². The number of rotatable bonds is 4. The first kappa shape index (κ1) is 11.8. The second-order valence-corrected chi connectivity index (χ2v) is 3.93. The van der Waals surface area contributed by atoms with Gasteiger partial charge in [0.15, 0.2) is 0 Å². The molecule has 90 valence electrons. The van der Waals surface area contributed by atoms with E-state index in [0.29, 0.717) is 13.2 Å². The largest absolute Gasteiger partial charge is 0.493 e. The average Bonchev–Trinajstić information content (AvgIpc) is 2.34. The molecule has 0 saturated heterocycles. The number of ether oxygens (including phenoxy) is 2. The molecule has 0 aliphatic heterocycles. The van der Waals surface area contributed by atoms with E-state index in [-0.39, 0.29) is 0 Å². The molecule has 0 amide bonds. The van der Waals surface area contributed by atoms with Crippen LogP contribution in [0.4, 0.5) is 0 Å². The van der Waals surface area contributed by atoms with Gasteiger partial charge < -0.3 is 9.47 Å². The van der Waals surface area contributed by atoms with Gasteiger partial charge in [-0.1, -0.05) is 24.3 Å². The van der Waals surface area contributed by atoms with E-state index >= 15 is 0 Å². The van der Waals surface area contributed by atoms with Crippen LogP contribution in [-0.4, -0.2) is 13.2 Å². The molecule has 0 aromatic heterocycles. The summed E-state index contributed by atoms with van der Waals surface area (Å²) in [5.74, 6) is 1.90. The molecule has 0 radical (unpaired) electrons. The Kier molecular flexibility index (Phi) is 3.52. The van der Waals surface area contributed by atoms with Gasteiger partial charge in [0.2, 0.25) is 0 Å². The third-order valence-corrected chi connectivity index (χ3v) is 2.73. The van der Waals surface area contributed by atoms with E-state index in [1.807, 2.05) is 26.0 Å². The minimum absolute atomic E-state index is 0.678. The molecule has 17 heavy (non-hydrogen) atoms. The van der Waals surface area contributed by atoms with Crippen LogP contribution >= 0.6 is 0 Å². The van der Waals surface area contributed by atoms with Gasteiger partial charge in [-0.15, -0.1) is 0 Å². The zero-order valence-corrected chi connectivity index (χ0v) is 10.6. The Labute approximate surface area is 102 Å². The van der Waals surface area contributed by atoms with Gasteiger partial charge in [-0.3, -0.25) is 0 Å². The van der Waals surface area contributed by atoms with Gasteiger partial charge in [0.25, 0.3) is 0 Å². The van der Waals surface area contributed by atoms with E-state index in [0.717, 1.165) is 27.8 Å². The number of aryl methyl sites for hydroxylation is 1. The summed E-state index contributed by atoms with van der Waals surface area (Å²) in [6, 6.07) is 10.3. The summed E-state index contributed by atoms with van der Waals surface area (Å²) in [4.78, 5) is 0. The van der Waals surface area contributed by atoms with Gasteiger partial charge in [0.1, 0.15) is 11.5 Å². The van der Waals surface area contributed by atoms with E-state index in [2.05, 4.69) is 25.1 Å². The Morgan fingerprint density at radius 1 is 0.941 bits per heavy atom. The molecule has 0 heterocycles. The molecule has 0 N–H and O–H groups in total. The third kappa shape index (κ3) is 2.21. The van der Waals surface area contributed by atoms with E-state index in [1.54, 1.807) is 0 Å².